The van der Waals surface area contributed by atoms with Gasteiger partial charge < -0.3 is 16.0 Å². The third kappa shape index (κ3) is 2.41. The molecule has 6 heteroatoms. The number of H-pyrrole nitrogens is 1. The molecule has 0 unspecified atom stereocenters. The van der Waals surface area contributed by atoms with Gasteiger partial charge in [-0.15, -0.1) is 0 Å². The number of hydrogen-bond acceptors (Lipinski definition) is 4. The molecule has 1 saturated heterocycles. The Kier molecular flexibility index (Phi) is 3.22. The summed E-state index contributed by atoms with van der Waals surface area (Å²) < 4.78 is 0. The molecule has 0 atom stereocenters. The van der Waals surface area contributed by atoms with Gasteiger partial charge in [0, 0.05) is 31.4 Å². The van der Waals surface area contributed by atoms with Gasteiger partial charge in [-0.05, 0) is 25.0 Å². The second-order valence-electron chi connectivity index (χ2n) is 5.33. The van der Waals surface area contributed by atoms with Crippen molar-refractivity contribution in [2.75, 3.05) is 23.7 Å². The molecule has 0 radical (unpaired) electrons. The van der Waals surface area contributed by atoms with Crippen LogP contribution in [0.2, 0.25) is 0 Å². The molecule has 0 bridgehead atoms. The van der Waals surface area contributed by atoms with Crippen molar-refractivity contribution in [2.24, 2.45) is 0 Å². The monoisotopic (exact) mass is 273 g/mol. The number of fused-ring (bicyclic) bond motifs is 1. The minimum Gasteiger partial charge on any atom is -0.397 e. The number of carbonyl (C=O) groups is 1. The van der Waals surface area contributed by atoms with Gasteiger partial charge in [-0.2, -0.15) is 5.10 Å². The number of hydrogen-bond donors (Lipinski definition) is 3. The molecule has 2 heterocycles. The number of piperidine rings is 1. The molecule has 0 spiro atoms. The summed E-state index contributed by atoms with van der Waals surface area (Å²) in [7, 11) is 0. The molecule has 1 aliphatic heterocycles. The fourth-order valence-corrected chi connectivity index (χ4v) is 2.82. The maximum absolute atomic E-state index is 11.1. The number of aromatic amines is 1. The van der Waals surface area contributed by atoms with Gasteiger partial charge in [0.15, 0.2) is 0 Å². The van der Waals surface area contributed by atoms with Crippen molar-refractivity contribution in [2.45, 2.75) is 25.8 Å². The lowest BCUT2D eigenvalue weighted by molar-refractivity contribution is -0.119. The third-order valence-electron chi connectivity index (χ3n) is 3.83. The summed E-state index contributed by atoms with van der Waals surface area (Å²) in [5, 5.41) is 11.0. The van der Waals surface area contributed by atoms with E-state index in [2.05, 4.69) is 26.5 Å². The normalized spacial score (nSPS) is 16.6. The first-order chi connectivity index (χ1) is 9.63. The first-order valence-electron chi connectivity index (χ1n) is 6.88. The van der Waals surface area contributed by atoms with Crippen molar-refractivity contribution < 1.29 is 4.79 Å². The highest BCUT2D eigenvalue weighted by Crippen LogP contribution is 2.30. The van der Waals surface area contributed by atoms with Crippen LogP contribution in [0.25, 0.3) is 10.9 Å². The van der Waals surface area contributed by atoms with Crippen molar-refractivity contribution in [3.63, 3.8) is 0 Å². The van der Waals surface area contributed by atoms with Crippen LogP contribution >= 0.6 is 0 Å². The fraction of sp³-hybridized carbons (Fsp3) is 0.429. The van der Waals surface area contributed by atoms with Crippen molar-refractivity contribution in [3.8, 4) is 0 Å². The largest absolute Gasteiger partial charge is 0.397 e. The molecule has 0 aliphatic carbocycles. The molecule has 3 rings (SSSR count). The van der Waals surface area contributed by atoms with Crippen LogP contribution < -0.4 is 16.0 Å². The Labute approximate surface area is 117 Å². The third-order valence-corrected chi connectivity index (χ3v) is 3.83. The zero-order chi connectivity index (χ0) is 14.1. The summed E-state index contributed by atoms with van der Waals surface area (Å²) in [4.78, 5) is 13.4. The number of nitrogens with two attached hydrogens (primary N) is 1. The van der Waals surface area contributed by atoms with Crippen molar-refractivity contribution in [1.29, 1.82) is 0 Å². The molecule has 1 amide bonds. The highest BCUT2D eigenvalue weighted by molar-refractivity contribution is 5.89. The Morgan fingerprint density at radius 1 is 1.45 bits per heavy atom. The van der Waals surface area contributed by atoms with Gasteiger partial charge in [-0.3, -0.25) is 9.89 Å². The average Bonchev–Trinajstić information content (AvgIpc) is 2.85. The second kappa shape index (κ2) is 5.03. The predicted octanol–water partition coefficient (Wildman–Crippen LogP) is 1.25. The van der Waals surface area contributed by atoms with E-state index in [0.717, 1.165) is 48.2 Å². The van der Waals surface area contributed by atoms with Crippen LogP contribution in [-0.2, 0) is 4.79 Å². The number of nitrogens with one attached hydrogen (secondary N) is 2. The van der Waals surface area contributed by atoms with E-state index in [1.54, 1.807) is 13.1 Å². The minimum absolute atomic E-state index is 0.0434. The van der Waals surface area contributed by atoms with Gasteiger partial charge in [-0.1, -0.05) is 0 Å². The summed E-state index contributed by atoms with van der Waals surface area (Å²) in [6, 6.07) is 4.28. The first kappa shape index (κ1) is 12.8. The molecule has 4 N–H and O–H groups in total. The lowest BCUT2D eigenvalue weighted by Gasteiger charge is -2.34. The molecule has 2 aromatic rings. The fourth-order valence-electron chi connectivity index (χ4n) is 2.82. The Bertz CT molecular complexity index is 628. The van der Waals surface area contributed by atoms with Crippen LogP contribution in [0.4, 0.5) is 11.4 Å². The van der Waals surface area contributed by atoms with Crippen LogP contribution in [0.5, 0.6) is 0 Å². The maximum Gasteiger partial charge on any atom is 0.217 e. The first-order valence-corrected chi connectivity index (χ1v) is 6.88. The number of benzene rings is 1. The summed E-state index contributed by atoms with van der Waals surface area (Å²) in [5.41, 5.74) is 8.96. The highest BCUT2D eigenvalue weighted by Gasteiger charge is 2.21. The van der Waals surface area contributed by atoms with E-state index < -0.39 is 0 Å². The van der Waals surface area contributed by atoms with Crippen LogP contribution in [0.15, 0.2) is 18.3 Å². The molecular formula is C14H19N5O. The Morgan fingerprint density at radius 2 is 2.20 bits per heavy atom. The number of amides is 1. The van der Waals surface area contributed by atoms with Gasteiger partial charge >= 0.3 is 0 Å². The zero-order valence-corrected chi connectivity index (χ0v) is 11.5. The Morgan fingerprint density at radius 3 is 2.90 bits per heavy atom. The highest BCUT2D eigenvalue weighted by atomic mass is 16.1. The van der Waals surface area contributed by atoms with Gasteiger partial charge in [0.1, 0.15) is 0 Å². The van der Waals surface area contributed by atoms with Gasteiger partial charge in [-0.25, -0.2) is 0 Å². The molecule has 0 saturated carbocycles. The van der Waals surface area contributed by atoms with E-state index in [0.29, 0.717) is 0 Å². The zero-order valence-electron chi connectivity index (χ0n) is 11.5. The van der Waals surface area contributed by atoms with Crippen LogP contribution in [0.1, 0.15) is 19.8 Å². The number of nitrogen functional groups attached to an aromatic ring is 1. The summed E-state index contributed by atoms with van der Waals surface area (Å²) in [6.07, 6.45) is 3.67. The van der Waals surface area contributed by atoms with Gasteiger partial charge in [0.05, 0.1) is 23.1 Å². The van der Waals surface area contributed by atoms with Gasteiger partial charge in [0.25, 0.3) is 0 Å². The Hall–Kier alpha value is -2.24. The quantitative estimate of drug-likeness (QED) is 0.719. The molecule has 1 aliphatic rings. The minimum atomic E-state index is 0.0434. The second-order valence-corrected chi connectivity index (χ2v) is 5.33. The standard InChI is InChI=1S/C14H19N5O/c1-9(20)17-11-2-4-19(5-3-11)14-7-13-10(6-12(14)15)8-16-18-13/h6-8,11H,2-5,15H2,1H3,(H,16,18)(H,17,20). The molecule has 20 heavy (non-hydrogen) atoms. The number of anilines is 2. The van der Waals surface area contributed by atoms with Gasteiger partial charge in [0.2, 0.25) is 5.91 Å². The lowest BCUT2D eigenvalue weighted by atomic mass is 10.0. The van der Waals surface area contributed by atoms with E-state index in [9.17, 15) is 4.79 Å². The summed E-state index contributed by atoms with van der Waals surface area (Å²) in [6.45, 7) is 3.36. The molecule has 1 fully saturated rings. The SMILES string of the molecule is CC(=O)NC1CCN(c2cc3[nH]ncc3cc2N)CC1. The van der Waals surface area contributed by atoms with Crippen molar-refractivity contribution >= 4 is 28.2 Å². The van der Waals surface area contributed by atoms with Crippen molar-refractivity contribution in [3.05, 3.63) is 18.3 Å². The van der Waals surface area contributed by atoms with E-state index in [4.69, 9.17) is 5.73 Å². The maximum atomic E-state index is 11.1. The van der Waals surface area contributed by atoms with E-state index in [-0.39, 0.29) is 11.9 Å². The summed E-state index contributed by atoms with van der Waals surface area (Å²) >= 11 is 0. The average molecular weight is 273 g/mol. The number of carbonyl (C=O) groups excluding carboxylic acids is 1. The molecular weight excluding hydrogens is 254 g/mol. The predicted molar refractivity (Wildman–Crippen MR) is 79.6 cm³/mol. The van der Waals surface area contributed by atoms with E-state index in [1.807, 2.05) is 6.07 Å². The molecule has 6 nitrogen and oxygen atoms in total. The number of aromatic nitrogens is 2. The topological polar surface area (TPSA) is 87.0 Å². The number of nitrogens with zero attached hydrogens (tertiary/aromatic N) is 2. The molecule has 106 valence electrons. The molecule has 1 aromatic carbocycles. The van der Waals surface area contributed by atoms with E-state index in [1.165, 1.54) is 0 Å². The van der Waals surface area contributed by atoms with E-state index >= 15 is 0 Å². The van der Waals surface area contributed by atoms with Crippen molar-refractivity contribution in [1.82, 2.24) is 15.5 Å². The van der Waals surface area contributed by atoms with Crippen LogP contribution in [0, 0.1) is 0 Å². The number of rotatable bonds is 2. The molecule has 1 aromatic heterocycles. The van der Waals surface area contributed by atoms with Crippen LogP contribution in [-0.4, -0.2) is 35.2 Å². The lowest BCUT2D eigenvalue weighted by Crippen LogP contribution is -2.44. The Balaban J connectivity index is 1.76. The van der Waals surface area contributed by atoms with Crippen LogP contribution in [0.3, 0.4) is 0 Å². The summed E-state index contributed by atoms with van der Waals surface area (Å²) in [5.74, 6) is 0.0434. The smallest absolute Gasteiger partial charge is 0.217 e.